The Hall–Kier alpha value is -3.18. The number of hydrogen-bond donors (Lipinski definition) is 1. The van der Waals surface area contributed by atoms with E-state index in [2.05, 4.69) is 0 Å². The van der Waals surface area contributed by atoms with E-state index < -0.39 is 33.1 Å². The van der Waals surface area contributed by atoms with Gasteiger partial charge in [-0.05, 0) is 30.2 Å². The molecule has 9 nitrogen and oxygen atoms in total. The van der Waals surface area contributed by atoms with Gasteiger partial charge in [0.2, 0.25) is 5.91 Å². The second-order valence-electron chi connectivity index (χ2n) is 8.29. The summed E-state index contributed by atoms with van der Waals surface area (Å²) >= 11 is 1.59. The molecule has 2 aliphatic rings. The van der Waals surface area contributed by atoms with Crippen LogP contribution in [0.3, 0.4) is 0 Å². The third-order valence-corrected chi connectivity index (χ3v) is 8.45. The topological polar surface area (TPSA) is 135 Å². The standard InChI is InChI=1S/C24H24N3O6S2/c25-24(31)35(32,33)18-8-4-7-17(13-18)23(30)27-14-20(28)22-19(27)9-11-26(22)21(29)10-12-34-15-16-5-2-1-3-6-16/h1-8,10,13,19,22H,9,11-12,14-15H2,(H2,25,31). The molecule has 0 aliphatic carbocycles. The number of sulfone groups is 1. The predicted molar refractivity (Wildman–Crippen MR) is 130 cm³/mol. The van der Waals surface area contributed by atoms with Crippen molar-refractivity contribution in [2.24, 2.45) is 5.73 Å². The quantitative estimate of drug-likeness (QED) is 0.555. The molecular formula is C24H24N3O6S2. The molecule has 2 atom stereocenters. The highest BCUT2D eigenvalue weighted by molar-refractivity contribution is 8.06. The summed E-state index contributed by atoms with van der Waals surface area (Å²) in [5, 5.41) is -1.51. The van der Waals surface area contributed by atoms with Gasteiger partial charge in [0.15, 0.2) is 5.78 Å². The van der Waals surface area contributed by atoms with E-state index in [-0.39, 0.29) is 28.7 Å². The molecule has 2 fully saturated rings. The maximum atomic E-state index is 13.2. The van der Waals surface area contributed by atoms with Crippen molar-refractivity contribution in [2.45, 2.75) is 29.2 Å². The average Bonchev–Trinajstić information content (AvgIpc) is 3.43. The Bertz CT molecular complexity index is 1270. The highest BCUT2D eigenvalue weighted by Crippen LogP contribution is 2.31. The molecule has 4 rings (SSSR count). The molecule has 0 saturated carbocycles. The second-order valence-corrected chi connectivity index (χ2v) is 11.2. The first-order valence-electron chi connectivity index (χ1n) is 10.9. The number of thioether (sulfide) groups is 1. The number of fused-ring (bicyclic) bond motifs is 1. The van der Waals surface area contributed by atoms with Crippen molar-refractivity contribution in [3.63, 3.8) is 0 Å². The first-order chi connectivity index (χ1) is 16.7. The molecule has 183 valence electrons. The monoisotopic (exact) mass is 514 g/mol. The third kappa shape index (κ3) is 5.10. The van der Waals surface area contributed by atoms with Crippen molar-refractivity contribution in [2.75, 3.05) is 18.8 Å². The van der Waals surface area contributed by atoms with E-state index in [0.717, 1.165) is 17.4 Å². The van der Waals surface area contributed by atoms with Crippen LogP contribution in [0.5, 0.6) is 0 Å². The van der Waals surface area contributed by atoms with Crippen LogP contribution in [-0.2, 0) is 25.2 Å². The molecule has 2 aliphatic heterocycles. The van der Waals surface area contributed by atoms with Crippen molar-refractivity contribution >= 4 is 44.4 Å². The summed E-state index contributed by atoms with van der Waals surface area (Å²) in [6.45, 7) is 0.174. The third-order valence-electron chi connectivity index (χ3n) is 6.11. The van der Waals surface area contributed by atoms with Gasteiger partial charge in [-0.1, -0.05) is 36.4 Å². The lowest BCUT2D eigenvalue weighted by Crippen LogP contribution is -2.43. The maximum Gasteiger partial charge on any atom is 0.338 e. The first-order valence-corrected chi connectivity index (χ1v) is 13.6. The van der Waals surface area contributed by atoms with Crippen LogP contribution >= 0.6 is 11.8 Å². The van der Waals surface area contributed by atoms with Crippen molar-refractivity contribution in [1.29, 1.82) is 0 Å². The van der Waals surface area contributed by atoms with Gasteiger partial charge in [-0.25, -0.2) is 8.42 Å². The van der Waals surface area contributed by atoms with Crippen molar-refractivity contribution < 1.29 is 27.6 Å². The minimum atomic E-state index is -4.39. The van der Waals surface area contributed by atoms with Gasteiger partial charge in [0.1, 0.15) is 6.04 Å². The lowest BCUT2D eigenvalue weighted by atomic mass is 10.1. The largest absolute Gasteiger partial charge is 0.356 e. The van der Waals surface area contributed by atoms with E-state index in [1.807, 2.05) is 30.3 Å². The fourth-order valence-electron chi connectivity index (χ4n) is 4.42. The molecule has 2 unspecified atom stereocenters. The highest BCUT2D eigenvalue weighted by atomic mass is 32.2. The minimum absolute atomic E-state index is 0.0226. The van der Waals surface area contributed by atoms with Crippen LogP contribution in [0.4, 0.5) is 4.79 Å². The molecule has 2 saturated heterocycles. The SMILES string of the molecule is NC(=O)S(=O)(=O)c1cccc(C(=O)N2CC(=O)C3C2CCN3C(=O)[CH]CSCc2ccccc2)c1. The van der Waals surface area contributed by atoms with Gasteiger partial charge in [-0.15, -0.1) is 0 Å². The number of Topliss-reactive ketones (excluding diaryl/α,β-unsaturated/α-hetero) is 1. The Labute approximate surface area is 207 Å². The van der Waals surface area contributed by atoms with Gasteiger partial charge < -0.3 is 15.5 Å². The lowest BCUT2D eigenvalue weighted by molar-refractivity contribution is -0.133. The fraction of sp³-hybridized carbons (Fsp3) is 0.292. The van der Waals surface area contributed by atoms with Gasteiger partial charge in [-0.3, -0.25) is 19.2 Å². The number of primary amides is 1. The molecule has 0 spiro atoms. The zero-order valence-corrected chi connectivity index (χ0v) is 20.3. The summed E-state index contributed by atoms with van der Waals surface area (Å²) in [6, 6.07) is 13.7. The Morgan fingerprint density at radius 1 is 1.06 bits per heavy atom. The van der Waals surface area contributed by atoms with Gasteiger partial charge in [0.05, 0.1) is 23.9 Å². The fourth-order valence-corrected chi connectivity index (χ4v) is 5.99. The first kappa shape index (κ1) is 24.9. The predicted octanol–water partition coefficient (Wildman–Crippen LogP) is 1.67. The van der Waals surface area contributed by atoms with Crippen LogP contribution in [0.25, 0.3) is 0 Å². The Morgan fingerprint density at radius 2 is 1.80 bits per heavy atom. The lowest BCUT2D eigenvalue weighted by Gasteiger charge is -2.24. The minimum Gasteiger partial charge on any atom is -0.356 e. The summed E-state index contributed by atoms with van der Waals surface area (Å²) < 4.78 is 24.1. The zero-order valence-electron chi connectivity index (χ0n) is 18.7. The molecular weight excluding hydrogens is 490 g/mol. The normalized spacial score (nSPS) is 19.6. The number of rotatable bonds is 7. The Morgan fingerprint density at radius 3 is 2.51 bits per heavy atom. The molecule has 0 aromatic heterocycles. The van der Waals surface area contributed by atoms with Crippen LogP contribution in [0.1, 0.15) is 22.3 Å². The second kappa shape index (κ2) is 10.2. The summed E-state index contributed by atoms with van der Waals surface area (Å²) in [5.41, 5.74) is 6.13. The number of ketones is 1. The number of nitrogens with two attached hydrogens (primary N) is 1. The molecule has 2 N–H and O–H groups in total. The molecule has 11 heteroatoms. The molecule has 1 radical (unpaired) electrons. The van der Waals surface area contributed by atoms with Crippen molar-refractivity contribution in [3.8, 4) is 0 Å². The van der Waals surface area contributed by atoms with E-state index >= 15 is 0 Å². The summed E-state index contributed by atoms with van der Waals surface area (Å²) in [6.07, 6.45) is 2.00. The number of carbonyl (C=O) groups excluding carboxylic acids is 4. The molecule has 2 aromatic rings. The Balaban J connectivity index is 1.40. The van der Waals surface area contributed by atoms with Crippen LogP contribution in [0, 0.1) is 6.42 Å². The molecule has 3 amide bonds. The molecule has 2 heterocycles. The van der Waals surface area contributed by atoms with E-state index in [0.29, 0.717) is 18.7 Å². The number of carbonyl (C=O) groups is 4. The van der Waals surface area contributed by atoms with E-state index in [1.54, 1.807) is 18.2 Å². The van der Waals surface area contributed by atoms with E-state index in [4.69, 9.17) is 5.73 Å². The van der Waals surface area contributed by atoms with Crippen LogP contribution < -0.4 is 5.73 Å². The number of amides is 3. The van der Waals surface area contributed by atoms with Crippen molar-refractivity contribution in [1.82, 2.24) is 9.80 Å². The van der Waals surface area contributed by atoms with Crippen LogP contribution in [0.2, 0.25) is 0 Å². The molecule has 2 aromatic carbocycles. The molecule has 0 bridgehead atoms. The number of nitrogens with zero attached hydrogens (tertiary/aromatic N) is 2. The summed E-state index contributed by atoms with van der Waals surface area (Å²) in [7, 11) is -4.39. The van der Waals surface area contributed by atoms with E-state index in [9.17, 15) is 27.6 Å². The number of likely N-dealkylation sites (tertiary alicyclic amines) is 2. The van der Waals surface area contributed by atoms with Gasteiger partial charge in [-0.2, -0.15) is 11.8 Å². The smallest absolute Gasteiger partial charge is 0.338 e. The van der Waals surface area contributed by atoms with Gasteiger partial charge >= 0.3 is 5.24 Å². The Kier molecular flexibility index (Phi) is 7.27. The number of benzene rings is 2. The van der Waals surface area contributed by atoms with E-state index in [1.165, 1.54) is 28.0 Å². The zero-order chi connectivity index (χ0) is 25.2. The molecule has 35 heavy (non-hydrogen) atoms. The van der Waals surface area contributed by atoms with Gasteiger partial charge in [0.25, 0.3) is 15.7 Å². The highest BCUT2D eigenvalue weighted by Gasteiger charge is 2.51. The summed E-state index contributed by atoms with van der Waals surface area (Å²) in [5.74, 6) is 0.252. The summed E-state index contributed by atoms with van der Waals surface area (Å²) in [4.78, 5) is 52.5. The van der Waals surface area contributed by atoms with Crippen molar-refractivity contribution in [3.05, 3.63) is 72.1 Å². The maximum absolute atomic E-state index is 13.2. The number of hydrogen-bond acceptors (Lipinski definition) is 7. The van der Waals surface area contributed by atoms with Crippen LogP contribution in [0.15, 0.2) is 59.5 Å². The van der Waals surface area contributed by atoms with Crippen LogP contribution in [-0.4, -0.2) is 72.0 Å². The van der Waals surface area contributed by atoms with Gasteiger partial charge in [0, 0.05) is 23.6 Å². The average molecular weight is 515 g/mol.